The maximum Gasteiger partial charge on any atom is 0.296 e. The minimum atomic E-state index is -0.385. The summed E-state index contributed by atoms with van der Waals surface area (Å²) < 4.78 is 5.22. The molecule has 2 aliphatic rings. The minimum absolute atomic E-state index is 0.0255. The number of likely N-dealkylation sites (tertiary alicyclic amines) is 1. The second-order valence-electron chi connectivity index (χ2n) is 7.03. The van der Waals surface area contributed by atoms with E-state index in [-0.39, 0.29) is 24.3 Å². The van der Waals surface area contributed by atoms with Crippen LogP contribution in [0, 0.1) is 23.7 Å². The Bertz CT molecular complexity index is 663. The Morgan fingerprint density at radius 1 is 1.15 bits per heavy atom. The highest BCUT2D eigenvalue weighted by Gasteiger charge is 2.23. The third-order valence-electron chi connectivity index (χ3n) is 5.05. The van der Waals surface area contributed by atoms with Gasteiger partial charge in [-0.15, -0.1) is 0 Å². The molecular weight excluding hydrogens is 328 g/mol. The lowest BCUT2D eigenvalue weighted by Gasteiger charge is -2.32. The van der Waals surface area contributed by atoms with E-state index in [2.05, 4.69) is 41.4 Å². The summed E-state index contributed by atoms with van der Waals surface area (Å²) in [7, 11) is 0. The van der Waals surface area contributed by atoms with Gasteiger partial charge < -0.3 is 15.0 Å². The molecule has 5 nitrogen and oxygen atoms in total. The maximum atomic E-state index is 12.3. The fourth-order valence-electron chi connectivity index (χ4n) is 3.46. The summed E-state index contributed by atoms with van der Waals surface area (Å²) in [5.74, 6) is 5.82. The Labute approximate surface area is 155 Å². The number of amides is 2. The lowest BCUT2D eigenvalue weighted by Crippen LogP contribution is -2.44. The van der Waals surface area contributed by atoms with Crippen molar-refractivity contribution < 1.29 is 14.3 Å². The highest BCUT2D eigenvalue weighted by atomic mass is 16.5. The molecule has 1 N–H and O–H groups in total. The zero-order chi connectivity index (χ0) is 18.2. The number of nitrogens with zero attached hydrogens (tertiary/aromatic N) is 1. The SMILES string of the molecule is O=C(C#CC1CCOC1)NCC(=O)N1CCC(Cc2ccccc2)CC1. The lowest BCUT2D eigenvalue weighted by molar-refractivity contribution is -0.133. The highest BCUT2D eigenvalue weighted by Crippen LogP contribution is 2.21. The van der Waals surface area contributed by atoms with Gasteiger partial charge in [-0.25, -0.2) is 0 Å². The number of carbonyl (C=O) groups excluding carboxylic acids is 2. The van der Waals surface area contributed by atoms with Crippen LogP contribution >= 0.6 is 0 Å². The summed E-state index contributed by atoms with van der Waals surface area (Å²) in [4.78, 5) is 25.9. The van der Waals surface area contributed by atoms with Gasteiger partial charge in [-0.3, -0.25) is 9.59 Å². The molecule has 2 aliphatic heterocycles. The molecule has 26 heavy (non-hydrogen) atoms. The van der Waals surface area contributed by atoms with Gasteiger partial charge in [0, 0.05) is 25.6 Å². The number of rotatable bonds is 4. The van der Waals surface area contributed by atoms with Gasteiger partial charge in [0.1, 0.15) is 0 Å². The fraction of sp³-hybridized carbons (Fsp3) is 0.524. The minimum Gasteiger partial charge on any atom is -0.380 e. The van der Waals surface area contributed by atoms with Gasteiger partial charge >= 0.3 is 0 Å². The van der Waals surface area contributed by atoms with Gasteiger partial charge in [-0.2, -0.15) is 0 Å². The topological polar surface area (TPSA) is 58.6 Å². The Morgan fingerprint density at radius 2 is 1.92 bits per heavy atom. The Hall–Kier alpha value is -2.32. The predicted octanol–water partition coefficient (Wildman–Crippen LogP) is 1.62. The summed E-state index contributed by atoms with van der Waals surface area (Å²) >= 11 is 0. The van der Waals surface area contributed by atoms with Crippen molar-refractivity contribution in [2.24, 2.45) is 11.8 Å². The number of piperidine rings is 1. The second kappa shape index (κ2) is 9.40. The largest absolute Gasteiger partial charge is 0.380 e. The summed E-state index contributed by atoms with van der Waals surface area (Å²) in [6.07, 6.45) is 3.96. The normalized spacial score (nSPS) is 20.3. The van der Waals surface area contributed by atoms with E-state index >= 15 is 0 Å². The lowest BCUT2D eigenvalue weighted by atomic mass is 9.90. The smallest absolute Gasteiger partial charge is 0.296 e. The van der Waals surface area contributed by atoms with E-state index < -0.39 is 0 Å². The molecule has 2 saturated heterocycles. The highest BCUT2D eigenvalue weighted by molar-refractivity contribution is 5.95. The van der Waals surface area contributed by atoms with E-state index in [9.17, 15) is 9.59 Å². The zero-order valence-electron chi connectivity index (χ0n) is 15.1. The van der Waals surface area contributed by atoms with Gasteiger partial charge in [-0.1, -0.05) is 36.3 Å². The third kappa shape index (κ3) is 5.60. The van der Waals surface area contributed by atoms with Crippen LogP contribution in [-0.4, -0.2) is 49.6 Å². The van der Waals surface area contributed by atoms with Crippen LogP contribution in [0.15, 0.2) is 30.3 Å². The zero-order valence-corrected chi connectivity index (χ0v) is 15.1. The van der Waals surface area contributed by atoms with Crippen molar-refractivity contribution in [3.05, 3.63) is 35.9 Å². The number of carbonyl (C=O) groups is 2. The number of benzene rings is 1. The van der Waals surface area contributed by atoms with Crippen LogP contribution in [0.4, 0.5) is 0 Å². The first-order valence-electron chi connectivity index (χ1n) is 9.39. The second-order valence-corrected chi connectivity index (χ2v) is 7.03. The first-order chi connectivity index (χ1) is 12.7. The van der Waals surface area contributed by atoms with E-state index in [0.29, 0.717) is 19.1 Å². The van der Waals surface area contributed by atoms with Crippen LogP contribution in [0.3, 0.4) is 0 Å². The van der Waals surface area contributed by atoms with E-state index in [0.717, 1.165) is 38.8 Å². The van der Waals surface area contributed by atoms with Crippen LogP contribution < -0.4 is 5.32 Å². The molecule has 1 atom stereocenters. The molecule has 0 spiro atoms. The van der Waals surface area contributed by atoms with E-state index in [1.54, 1.807) is 0 Å². The molecule has 2 heterocycles. The molecule has 5 heteroatoms. The van der Waals surface area contributed by atoms with Crippen molar-refractivity contribution in [2.75, 3.05) is 32.8 Å². The maximum absolute atomic E-state index is 12.3. The Morgan fingerprint density at radius 3 is 2.62 bits per heavy atom. The number of nitrogens with one attached hydrogen (secondary N) is 1. The molecule has 2 fully saturated rings. The van der Waals surface area contributed by atoms with Crippen LogP contribution in [0.1, 0.15) is 24.8 Å². The Kier molecular flexibility index (Phi) is 6.68. The molecule has 3 rings (SSSR count). The molecule has 0 aromatic heterocycles. The molecule has 138 valence electrons. The number of hydrogen-bond donors (Lipinski definition) is 1. The van der Waals surface area contributed by atoms with Gasteiger partial charge in [0.25, 0.3) is 5.91 Å². The van der Waals surface area contributed by atoms with E-state index in [1.807, 2.05) is 11.0 Å². The standard InChI is InChI=1S/C21H26N2O3/c24-20(7-6-19-10-13-26-16-19)22-15-21(25)23-11-8-18(9-12-23)14-17-4-2-1-3-5-17/h1-5,18-19H,8-16H2,(H,22,24). The van der Waals surface area contributed by atoms with Crippen LogP contribution in [0.5, 0.6) is 0 Å². The average molecular weight is 354 g/mol. The van der Waals surface area contributed by atoms with Crippen molar-refractivity contribution in [2.45, 2.75) is 25.7 Å². The summed E-state index contributed by atoms with van der Waals surface area (Å²) in [5, 5.41) is 2.61. The van der Waals surface area contributed by atoms with Crippen LogP contribution in [-0.2, 0) is 20.7 Å². The van der Waals surface area contributed by atoms with Crippen molar-refractivity contribution in [3.63, 3.8) is 0 Å². The number of hydrogen-bond acceptors (Lipinski definition) is 3. The predicted molar refractivity (Wildman–Crippen MR) is 99.2 cm³/mol. The molecule has 0 bridgehead atoms. The van der Waals surface area contributed by atoms with E-state index in [4.69, 9.17) is 4.74 Å². The van der Waals surface area contributed by atoms with Gasteiger partial charge in [0.15, 0.2) is 0 Å². The molecule has 1 unspecified atom stereocenters. The number of ether oxygens (including phenoxy) is 1. The monoisotopic (exact) mass is 354 g/mol. The fourth-order valence-corrected chi connectivity index (χ4v) is 3.46. The van der Waals surface area contributed by atoms with Crippen molar-refractivity contribution >= 4 is 11.8 Å². The quantitative estimate of drug-likeness (QED) is 0.836. The van der Waals surface area contributed by atoms with Crippen LogP contribution in [0.2, 0.25) is 0 Å². The molecule has 0 saturated carbocycles. The third-order valence-corrected chi connectivity index (χ3v) is 5.05. The van der Waals surface area contributed by atoms with Gasteiger partial charge in [-0.05, 0) is 43.1 Å². The molecule has 1 aromatic rings. The molecule has 2 amide bonds. The molecule has 0 aliphatic carbocycles. The van der Waals surface area contributed by atoms with Crippen molar-refractivity contribution in [3.8, 4) is 11.8 Å². The van der Waals surface area contributed by atoms with Crippen LogP contribution in [0.25, 0.3) is 0 Å². The van der Waals surface area contributed by atoms with Gasteiger partial charge in [0.05, 0.1) is 13.2 Å². The first-order valence-corrected chi connectivity index (χ1v) is 9.39. The van der Waals surface area contributed by atoms with Gasteiger partial charge in [0.2, 0.25) is 5.91 Å². The van der Waals surface area contributed by atoms with Crippen molar-refractivity contribution in [1.29, 1.82) is 0 Å². The summed E-state index contributed by atoms with van der Waals surface area (Å²) in [6, 6.07) is 10.5. The first kappa shape index (κ1) is 18.5. The molecule has 1 aromatic carbocycles. The molecular formula is C21H26N2O3. The molecule has 0 radical (unpaired) electrons. The van der Waals surface area contributed by atoms with Crippen molar-refractivity contribution in [1.82, 2.24) is 10.2 Å². The average Bonchev–Trinajstić information content (AvgIpc) is 3.19. The Balaban J connectivity index is 1.36. The summed E-state index contributed by atoms with van der Waals surface area (Å²) in [5.41, 5.74) is 1.36. The summed E-state index contributed by atoms with van der Waals surface area (Å²) in [6.45, 7) is 2.85. The van der Waals surface area contributed by atoms with E-state index in [1.165, 1.54) is 5.56 Å².